The summed E-state index contributed by atoms with van der Waals surface area (Å²) in [6, 6.07) is 21.2. The minimum absolute atomic E-state index is 0.125. The van der Waals surface area contributed by atoms with E-state index in [1.165, 1.54) is 0 Å². The van der Waals surface area contributed by atoms with Crippen LogP contribution in [0.4, 0.5) is 0 Å². The van der Waals surface area contributed by atoms with Gasteiger partial charge in [0.05, 0.1) is 17.8 Å². The number of hydrogen-bond acceptors (Lipinski definition) is 4. The zero-order chi connectivity index (χ0) is 18.4. The van der Waals surface area contributed by atoms with Gasteiger partial charge in [-0.3, -0.25) is 4.98 Å². The molecule has 0 amide bonds. The largest absolute Gasteiger partial charge is 0.322 e. The number of rotatable bonds is 7. The van der Waals surface area contributed by atoms with Gasteiger partial charge >= 0.3 is 0 Å². The molecule has 0 fully saturated rings. The van der Waals surface area contributed by atoms with E-state index >= 15 is 0 Å². The fourth-order valence-corrected chi connectivity index (χ4v) is 4.19. The summed E-state index contributed by atoms with van der Waals surface area (Å²) < 4.78 is 28.2. The van der Waals surface area contributed by atoms with Crippen LogP contribution in [0.5, 0.6) is 0 Å². The van der Waals surface area contributed by atoms with Gasteiger partial charge in [0.2, 0.25) is 10.0 Å². The molecule has 0 radical (unpaired) electrons. The fourth-order valence-electron chi connectivity index (χ4n) is 2.81. The summed E-state index contributed by atoms with van der Waals surface area (Å²) in [5, 5.41) is 0. The Balaban J connectivity index is 1.89. The number of nitrogens with two attached hydrogens (primary N) is 1. The van der Waals surface area contributed by atoms with E-state index in [-0.39, 0.29) is 5.75 Å². The van der Waals surface area contributed by atoms with Crippen LogP contribution in [-0.4, -0.2) is 13.4 Å². The van der Waals surface area contributed by atoms with Crippen LogP contribution in [0.1, 0.15) is 28.8 Å². The van der Waals surface area contributed by atoms with Crippen molar-refractivity contribution in [2.45, 2.75) is 17.8 Å². The molecular formula is C20H21N3O2S. The van der Waals surface area contributed by atoms with Crippen LogP contribution < -0.4 is 10.5 Å². The Bertz CT molecular complexity index is 917. The predicted octanol–water partition coefficient (Wildman–Crippen LogP) is 2.94. The first-order valence-electron chi connectivity index (χ1n) is 8.29. The fraction of sp³-hybridized carbons (Fsp3) is 0.150. The lowest BCUT2D eigenvalue weighted by molar-refractivity contribution is 0.503. The maximum atomic E-state index is 12.7. The topological polar surface area (TPSA) is 85.1 Å². The third-order valence-electron chi connectivity index (χ3n) is 4.11. The smallest absolute Gasteiger partial charge is 0.216 e. The lowest BCUT2D eigenvalue weighted by atomic mass is 9.95. The zero-order valence-corrected chi connectivity index (χ0v) is 15.0. The molecule has 26 heavy (non-hydrogen) atoms. The maximum Gasteiger partial charge on any atom is 0.216 e. The molecule has 2 aromatic carbocycles. The van der Waals surface area contributed by atoms with E-state index in [2.05, 4.69) is 9.71 Å². The van der Waals surface area contributed by atoms with Crippen LogP contribution in [0, 0.1) is 0 Å². The predicted molar refractivity (Wildman–Crippen MR) is 103 cm³/mol. The van der Waals surface area contributed by atoms with Gasteiger partial charge in [0.15, 0.2) is 0 Å². The molecule has 0 aliphatic heterocycles. The van der Waals surface area contributed by atoms with Gasteiger partial charge in [0.1, 0.15) is 0 Å². The van der Waals surface area contributed by atoms with E-state index in [0.717, 1.165) is 11.1 Å². The van der Waals surface area contributed by atoms with E-state index < -0.39 is 22.1 Å². The monoisotopic (exact) mass is 367 g/mol. The molecule has 0 saturated carbocycles. The number of benzene rings is 2. The number of pyridine rings is 1. The summed E-state index contributed by atoms with van der Waals surface area (Å²) in [5.41, 5.74) is 8.80. The van der Waals surface area contributed by atoms with Crippen molar-refractivity contribution >= 4 is 10.0 Å². The first-order chi connectivity index (χ1) is 12.6. The molecule has 5 nitrogen and oxygen atoms in total. The van der Waals surface area contributed by atoms with Gasteiger partial charge in [-0.1, -0.05) is 60.7 Å². The molecule has 0 bridgehead atoms. The van der Waals surface area contributed by atoms with E-state index in [9.17, 15) is 8.42 Å². The summed E-state index contributed by atoms with van der Waals surface area (Å²) in [6.45, 7) is 0. The highest BCUT2D eigenvalue weighted by molar-refractivity contribution is 7.88. The van der Waals surface area contributed by atoms with Gasteiger partial charge in [-0.2, -0.15) is 0 Å². The van der Waals surface area contributed by atoms with Crippen molar-refractivity contribution in [2.24, 2.45) is 5.73 Å². The molecule has 3 N–H and O–H groups in total. The van der Waals surface area contributed by atoms with E-state index in [4.69, 9.17) is 5.73 Å². The molecule has 1 aromatic heterocycles. The number of aromatic nitrogens is 1. The molecule has 0 spiro atoms. The molecule has 3 rings (SSSR count). The van der Waals surface area contributed by atoms with Gasteiger partial charge in [0.25, 0.3) is 0 Å². The van der Waals surface area contributed by atoms with Gasteiger partial charge in [0, 0.05) is 12.4 Å². The Morgan fingerprint density at radius 2 is 1.38 bits per heavy atom. The summed E-state index contributed by atoms with van der Waals surface area (Å²) in [7, 11) is -3.59. The van der Waals surface area contributed by atoms with Gasteiger partial charge in [-0.05, 0) is 28.8 Å². The third kappa shape index (κ3) is 4.76. The molecule has 2 atom stereocenters. The van der Waals surface area contributed by atoms with Crippen molar-refractivity contribution in [1.29, 1.82) is 0 Å². The number of nitrogens with zero attached hydrogens (tertiary/aromatic N) is 1. The lowest BCUT2D eigenvalue weighted by Crippen LogP contribution is -2.36. The second kappa shape index (κ2) is 8.23. The SMILES string of the molecule is NC(c1ccccc1)C(NS(=O)(=O)Cc1ccncc1)c1ccccc1. The molecule has 0 aliphatic rings. The highest BCUT2D eigenvalue weighted by Crippen LogP contribution is 2.28. The second-order valence-corrected chi connectivity index (χ2v) is 7.81. The average Bonchev–Trinajstić information content (AvgIpc) is 2.67. The van der Waals surface area contributed by atoms with Crippen LogP contribution in [0.15, 0.2) is 85.2 Å². The quantitative estimate of drug-likeness (QED) is 0.672. The normalized spacial score (nSPS) is 13.9. The van der Waals surface area contributed by atoms with Gasteiger partial charge < -0.3 is 5.73 Å². The highest BCUT2D eigenvalue weighted by atomic mass is 32.2. The van der Waals surface area contributed by atoms with E-state index in [1.807, 2.05) is 60.7 Å². The van der Waals surface area contributed by atoms with Gasteiger partial charge in [-0.15, -0.1) is 0 Å². The minimum Gasteiger partial charge on any atom is -0.322 e. The van der Waals surface area contributed by atoms with Crippen LogP contribution in [0.3, 0.4) is 0 Å². The van der Waals surface area contributed by atoms with Crippen LogP contribution in [0.2, 0.25) is 0 Å². The second-order valence-electron chi connectivity index (χ2n) is 6.06. The summed E-state index contributed by atoms with van der Waals surface area (Å²) in [5.74, 6) is -0.125. The molecule has 3 aromatic rings. The third-order valence-corrected chi connectivity index (χ3v) is 5.44. The molecule has 0 saturated heterocycles. The lowest BCUT2D eigenvalue weighted by Gasteiger charge is -2.26. The first-order valence-corrected chi connectivity index (χ1v) is 9.95. The van der Waals surface area contributed by atoms with Crippen molar-refractivity contribution in [2.75, 3.05) is 0 Å². The van der Waals surface area contributed by atoms with Crippen molar-refractivity contribution in [3.63, 3.8) is 0 Å². The van der Waals surface area contributed by atoms with Crippen molar-refractivity contribution in [3.8, 4) is 0 Å². The molecule has 1 heterocycles. The summed E-state index contributed by atoms with van der Waals surface area (Å²) in [4.78, 5) is 3.92. The maximum absolute atomic E-state index is 12.7. The first kappa shape index (κ1) is 18.3. The number of nitrogens with one attached hydrogen (secondary N) is 1. The van der Waals surface area contributed by atoms with E-state index in [1.54, 1.807) is 24.5 Å². The molecule has 6 heteroatoms. The van der Waals surface area contributed by atoms with Crippen molar-refractivity contribution in [3.05, 3.63) is 102 Å². The van der Waals surface area contributed by atoms with Crippen molar-refractivity contribution in [1.82, 2.24) is 9.71 Å². The summed E-state index contributed by atoms with van der Waals surface area (Å²) in [6.07, 6.45) is 3.16. The van der Waals surface area contributed by atoms with Crippen LogP contribution >= 0.6 is 0 Å². The van der Waals surface area contributed by atoms with Crippen LogP contribution in [0.25, 0.3) is 0 Å². The average molecular weight is 367 g/mol. The molecule has 134 valence electrons. The van der Waals surface area contributed by atoms with E-state index in [0.29, 0.717) is 5.56 Å². The Morgan fingerprint density at radius 1 is 0.846 bits per heavy atom. The molecular weight excluding hydrogens is 346 g/mol. The Labute approximate surface area is 154 Å². The minimum atomic E-state index is -3.59. The number of hydrogen-bond donors (Lipinski definition) is 2. The standard InChI is InChI=1S/C20H21N3O2S/c21-19(17-7-3-1-4-8-17)20(18-9-5-2-6-10-18)23-26(24,25)15-16-11-13-22-14-12-16/h1-14,19-20,23H,15,21H2. The van der Waals surface area contributed by atoms with Crippen LogP contribution in [-0.2, 0) is 15.8 Å². The van der Waals surface area contributed by atoms with Gasteiger partial charge in [-0.25, -0.2) is 13.1 Å². The number of sulfonamides is 1. The summed E-state index contributed by atoms with van der Waals surface area (Å²) >= 11 is 0. The molecule has 2 unspecified atom stereocenters. The Hall–Kier alpha value is -2.54. The Morgan fingerprint density at radius 3 is 1.96 bits per heavy atom. The Kier molecular flexibility index (Phi) is 5.78. The van der Waals surface area contributed by atoms with Crippen molar-refractivity contribution < 1.29 is 8.42 Å². The zero-order valence-electron chi connectivity index (χ0n) is 14.2. The highest BCUT2D eigenvalue weighted by Gasteiger charge is 2.26. The molecule has 0 aliphatic carbocycles.